The van der Waals surface area contributed by atoms with Crippen molar-refractivity contribution in [1.29, 1.82) is 0 Å². The summed E-state index contributed by atoms with van der Waals surface area (Å²) in [6.07, 6.45) is 1.66. The fourth-order valence-corrected chi connectivity index (χ4v) is 3.68. The first-order valence-electron chi connectivity index (χ1n) is 8.45. The molecule has 7 heteroatoms. The maximum atomic E-state index is 12.3. The Balaban J connectivity index is 1.31. The molecular formula is C20H16N2O4S. The van der Waals surface area contributed by atoms with Crippen molar-refractivity contribution >= 4 is 34.9 Å². The van der Waals surface area contributed by atoms with Crippen LogP contribution in [0.4, 0.5) is 4.79 Å². The van der Waals surface area contributed by atoms with Gasteiger partial charge in [0.2, 0.25) is 0 Å². The summed E-state index contributed by atoms with van der Waals surface area (Å²) in [4.78, 5) is 37.2. The van der Waals surface area contributed by atoms with E-state index >= 15 is 0 Å². The zero-order valence-corrected chi connectivity index (χ0v) is 15.1. The van der Waals surface area contributed by atoms with E-state index in [1.165, 1.54) is 0 Å². The average molecular weight is 380 g/mol. The fraction of sp³-hybridized carbons (Fsp3) is 0.150. The summed E-state index contributed by atoms with van der Waals surface area (Å²) in [6, 6.07) is 14.9. The lowest BCUT2D eigenvalue weighted by atomic mass is 10.1. The van der Waals surface area contributed by atoms with E-state index in [1.54, 1.807) is 23.1 Å². The van der Waals surface area contributed by atoms with Gasteiger partial charge in [0.25, 0.3) is 17.1 Å². The highest BCUT2D eigenvalue weighted by atomic mass is 32.2. The molecule has 0 unspecified atom stereocenters. The second-order valence-corrected chi connectivity index (χ2v) is 7.17. The predicted octanol–water partition coefficient (Wildman–Crippen LogP) is 3.05. The minimum atomic E-state index is -0.374. The topological polar surface area (TPSA) is 75.7 Å². The molecule has 2 aromatic carbocycles. The number of rotatable bonds is 5. The molecule has 1 N–H and O–H groups in total. The van der Waals surface area contributed by atoms with Crippen LogP contribution in [0, 0.1) is 0 Å². The first-order chi connectivity index (χ1) is 13.1. The standard InChI is InChI=1S/C20H16N2O4S/c23-18-17(27-20(25)21-18)11-13-5-7-15(8-6-13)26-10-9-22-12-14-3-1-2-4-16(14)19(22)24/h1-8,11H,9-10,12H2,(H,21,23,25). The van der Waals surface area contributed by atoms with Gasteiger partial charge in [-0.2, -0.15) is 0 Å². The number of carbonyl (C=O) groups excluding carboxylic acids is 3. The largest absolute Gasteiger partial charge is 0.492 e. The molecular weight excluding hydrogens is 364 g/mol. The number of ether oxygens (including phenoxy) is 1. The molecule has 0 radical (unpaired) electrons. The summed E-state index contributed by atoms with van der Waals surface area (Å²) in [5.74, 6) is 0.348. The van der Waals surface area contributed by atoms with Crippen LogP contribution in [0.15, 0.2) is 53.4 Å². The first kappa shape index (κ1) is 17.4. The molecule has 2 aliphatic heterocycles. The van der Waals surface area contributed by atoms with E-state index in [4.69, 9.17) is 4.74 Å². The highest BCUT2D eigenvalue weighted by molar-refractivity contribution is 8.18. The van der Waals surface area contributed by atoms with E-state index in [-0.39, 0.29) is 17.1 Å². The Kier molecular flexibility index (Phi) is 4.68. The van der Waals surface area contributed by atoms with Crippen LogP contribution in [0.25, 0.3) is 6.08 Å². The molecule has 3 amide bonds. The normalized spacial score (nSPS) is 17.4. The van der Waals surface area contributed by atoms with Gasteiger partial charge in [0.15, 0.2) is 0 Å². The SMILES string of the molecule is O=C1NC(=O)C(=Cc2ccc(OCCN3Cc4ccccc4C3=O)cc2)S1. The number of hydrogen-bond acceptors (Lipinski definition) is 5. The van der Waals surface area contributed by atoms with E-state index < -0.39 is 0 Å². The number of hydrogen-bond donors (Lipinski definition) is 1. The summed E-state index contributed by atoms with van der Waals surface area (Å²) < 4.78 is 5.73. The van der Waals surface area contributed by atoms with Gasteiger partial charge >= 0.3 is 0 Å². The molecule has 0 atom stereocenters. The molecule has 2 aromatic rings. The van der Waals surface area contributed by atoms with Crippen molar-refractivity contribution in [1.82, 2.24) is 10.2 Å². The van der Waals surface area contributed by atoms with Gasteiger partial charge in [-0.3, -0.25) is 19.7 Å². The molecule has 1 fully saturated rings. The van der Waals surface area contributed by atoms with Crippen molar-refractivity contribution in [3.05, 3.63) is 70.1 Å². The van der Waals surface area contributed by atoms with Crippen LogP contribution >= 0.6 is 11.8 Å². The van der Waals surface area contributed by atoms with Gasteiger partial charge in [-0.25, -0.2) is 0 Å². The predicted molar refractivity (Wildman–Crippen MR) is 102 cm³/mol. The minimum Gasteiger partial charge on any atom is -0.492 e. The van der Waals surface area contributed by atoms with Crippen LogP contribution < -0.4 is 10.1 Å². The summed E-state index contributed by atoms with van der Waals surface area (Å²) in [7, 11) is 0. The smallest absolute Gasteiger partial charge is 0.290 e. The van der Waals surface area contributed by atoms with Crippen molar-refractivity contribution in [2.45, 2.75) is 6.54 Å². The molecule has 4 rings (SSSR count). The van der Waals surface area contributed by atoms with Crippen molar-refractivity contribution in [2.75, 3.05) is 13.2 Å². The number of imide groups is 1. The monoisotopic (exact) mass is 380 g/mol. The molecule has 2 aliphatic rings. The lowest BCUT2D eigenvalue weighted by molar-refractivity contribution is -0.115. The van der Waals surface area contributed by atoms with Crippen molar-refractivity contribution in [3.8, 4) is 5.75 Å². The third-order valence-electron chi connectivity index (χ3n) is 4.35. The van der Waals surface area contributed by atoms with E-state index in [0.29, 0.717) is 30.4 Å². The number of nitrogens with zero attached hydrogens (tertiary/aromatic N) is 1. The van der Waals surface area contributed by atoms with Gasteiger partial charge < -0.3 is 9.64 Å². The number of amides is 3. The summed E-state index contributed by atoms with van der Waals surface area (Å²) in [6.45, 7) is 1.52. The highest BCUT2D eigenvalue weighted by Crippen LogP contribution is 2.26. The second-order valence-electron chi connectivity index (χ2n) is 6.15. The Hall–Kier alpha value is -3.06. The fourth-order valence-electron chi connectivity index (χ4n) is 3.00. The summed E-state index contributed by atoms with van der Waals surface area (Å²) in [5.41, 5.74) is 2.62. The van der Waals surface area contributed by atoms with Gasteiger partial charge in [0, 0.05) is 12.1 Å². The Bertz CT molecular complexity index is 953. The third-order valence-corrected chi connectivity index (χ3v) is 5.16. The molecule has 0 spiro atoms. The first-order valence-corrected chi connectivity index (χ1v) is 9.27. The summed E-state index contributed by atoms with van der Waals surface area (Å²) >= 11 is 0.889. The van der Waals surface area contributed by atoms with Crippen LogP contribution in [-0.4, -0.2) is 35.1 Å². The number of benzene rings is 2. The second kappa shape index (κ2) is 7.28. The Morgan fingerprint density at radius 2 is 1.85 bits per heavy atom. The number of thioether (sulfide) groups is 1. The third kappa shape index (κ3) is 3.73. The summed E-state index contributed by atoms with van der Waals surface area (Å²) in [5, 5.41) is 1.87. The molecule has 136 valence electrons. The van der Waals surface area contributed by atoms with Crippen LogP contribution in [0.1, 0.15) is 21.5 Å². The number of fused-ring (bicyclic) bond motifs is 1. The van der Waals surface area contributed by atoms with E-state index in [9.17, 15) is 14.4 Å². The minimum absolute atomic E-state index is 0.0399. The highest BCUT2D eigenvalue weighted by Gasteiger charge is 2.26. The van der Waals surface area contributed by atoms with Gasteiger partial charge in [-0.1, -0.05) is 30.3 Å². The Labute approximate surface area is 160 Å². The lowest BCUT2D eigenvalue weighted by Gasteiger charge is -2.16. The molecule has 0 aliphatic carbocycles. The van der Waals surface area contributed by atoms with Crippen LogP contribution in [-0.2, 0) is 11.3 Å². The Morgan fingerprint density at radius 1 is 1.07 bits per heavy atom. The van der Waals surface area contributed by atoms with Gasteiger partial charge in [-0.15, -0.1) is 0 Å². The van der Waals surface area contributed by atoms with Crippen molar-refractivity contribution in [2.24, 2.45) is 0 Å². The Morgan fingerprint density at radius 3 is 2.56 bits per heavy atom. The van der Waals surface area contributed by atoms with Crippen LogP contribution in [0.5, 0.6) is 5.75 Å². The zero-order chi connectivity index (χ0) is 18.8. The zero-order valence-electron chi connectivity index (χ0n) is 14.3. The molecule has 0 saturated carbocycles. The van der Waals surface area contributed by atoms with Crippen LogP contribution in [0.2, 0.25) is 0 Å². The molecule has 0 aromatic heterocycles. The van der Waals surface area contributed by atoms with E-state index in [1.807, 2.05) is 36.4 Å². The number of carbonyl (C=O) groups is 3. The van der Waals surface area contributed by atoms with Gasteiger partial charge in [0.1, 0.15) is 12.4 Å². The molecule has 2 heterocycles. The molecule has 1 saturated heterocycles. The van der Waals surface area contributed by atoms with Crippen molar-refractivity contribution < 1.29 is 19.1 Å². The maximum Gasteiger partial charge on any atom is 0.290 e. The average Bonchev–Trinajstić information content (AvgIpc) is 3.15. The molecule has 27 heavy (non-hydrogen) atoms. The van der Waals surface area contributed by atoms with E-state index in [0.717, 1.165) is 28.5 Å². The van der Waals surface area contributed by atoms with Crippen molar-refractivity contribution in [3.63, 3.8) is 0 Å². The van der Waals surface area contributed by atoms with Gasteiger partial charge in [0.05, 0.1) is 11.4 Å². The van der Waals surface area contributed by atoms with Crippen LogP contribution in [0.3, 0.4) is 0 Å². The maximum absolute atomic E-state index is 12.3. The number of nitrogens with one attached hydrogen (secondary N) is 1. The quantitative estimate of drug-likeness (QED) is 0.807. The van der Waals surface area contributed by atoms with E-state index in [2.05, 4.69) is 5.32 Å². The lowest BCUT2D eigenvalue weighted by Crippen LogP contribution is -2.28. The van der Waals surface area contributed by atoms with Gasteiger partial charge in [-0.05, 0) is 47.2 Å². The molecule has 0 bridgehead atoms. The molecule has 6 nitrogen and oxygen atoms in total.